The number of ether oxygens (including phenoxy) is 1. The van der Waals surface area contributed by atoms with E-state index in [4.69, 9.17) is 10.5 Å². The van der Waals surface area contributed by atoms with E-state index < -0.39 is 0 Å². The van der Waals surface area contributed by atoms with Crippen LogP contribution in [0.15, 0.2) is 5.38 Å². The van der Waals surface area contributed by atoms with Crippen molar-refractivity contribution >= 4 is 16.5 Å². The second kappa shape index (κ2) is 5.12. The molecule has 1 aromatic heterocycles. The molecule has 3 N–H and O–H groups in total. The normalized spacial score (nSPS) is 19.8. The summed E-state index contributed by atoms with van der Waals surface area (Å²) >= 11 is 1.51. The smallest absolute Gasteiger partial charge is 0.180 e. The number of hydrogen-bond acceptors (Lipinski definition) is 5. The van der Waals surface area contributed by atoms with Gasteiger partial charge < -0.3 is 15.8 Å². The van der Waals surface area contributed by atoms with E-state index in [0.717, 1.165) is 44.7 Å². The summed E-state index contributed by atoms with van der Waals surface area (Å²) in [7, 11) is 0. The number of nitrogens with two attached hydrogens (primary N) is 1. The summed E-state index contributed by atoms with van der Waals surface area (Å²) in [5.74, 6) is 0. The average Bonchev–Trinajstić information content (AvgIpc) is 2.65. The first-order chi connectivity index (χ1) is 7.68. The van der Waals surface area contributed by atoms with Gasteiger partial charge in [-0.05, 0) is 19.8 Å². The maximum atomic E-state index is 5.59. The number of hydrogen-bond donors (Lipinski definition) is 2. The molecule has 1 aromatic rings. The molecule has 0 unspecified atom stereocenters. The van der Waals surface area contributed by atoms with E-state index in [1.165, 1.54) is 11.3 Å². The summed E-state index contributed by atoms with van der Waals surface area (Å²) in [5, 5.41) is 6.29. The van der Waals surface area contributed by atoms with Gasteiger partial charge in [-0.3, -0.25) is 0 Å². The third-order valence-electron chi connectivity index (χ3n) is 3.10. The Balaban J connectivity index is 1.74. The van der Waals surface area contributed by atoms with Gasteiger partial charge in [0.2, 0.25) is 0 Å². The van der Waals surface area contributed by atoms with Gasteiger partial charge in [0.15, 0.2) is 5.13 Å². The molecule has 0 bridgehead atoms. The van der Waals surface area contributed by atoms with E-state index in [1.54, 1.807) is 0 Å². The van der Waals surface area contributed by atoms with E-state index in [1.807, 2.05) is 5.38 Å². The number of nitrogens with one attached hydrogen (secondary N) is 1. The Morgan fingerprint density at radius 3 is 2.94 bits per heavy atom. The molecule has 0 radical (unpaired) electrons. The van der Waals surface area contributed by atoms with E-state index in [0.29, 0.717) is 5.13 Å². The van der Waals surface area contributed by atoms with Crippen molar-refractivity contribution in [3.05, 3.63) is 11.1 Å². The van der Waals surface area contributed by atoms with Gasteiger partial charge in [0.05, 0.1) is 5.69 Å². The molecule has 0 aliphatic carbocycles. The van der Waals surface area contributed by atoms with E-state index in [9.17, 15) is 0 Å². The fourth-order valence-electron chi connectivity index (χ4n) is 1.93. The van der Waals surface area contributed by atoms with Crippen molar-refractivity contribution < 1.29 is 4.74 Å². The summed E-state index contributed by atoms with van der Waals surface area (Å²) in [5.41, 5.74) is 6.91. The zero-order valence-corrected chi connectivity index (χ0v) is 10.5. The maximum absolute atomic E-state index is 5.59. The fourth-order valence-corrected chi connectivity index (χ4v) is 2.53. The molecular weight excluding hydrogens is 222 g/mol. The number of rotatable bonds is 4. The molecule has 1 saturated heterocycles. The van der Waals surface area contributed by atoms with Crippen LogP contribution in [0.25, 0.3) is 0 Å². The Hall–Kier alpha value is -0.650. The van der Waals surface area contributed by atoms with Crippen molar-refractivity contribution in [3.8, 4) is 0 Å². The molecule has 1 aliphatic heterocycles. The number of thiazole rings is 1. The van der Waals surface area contributed by atoms with Crippen LogP contribution >= 0.6 is 11.3 Å². The highest BCUT2D eigenvalue weighted by molar-refractivity contribution is 7.13. The quantitative estimate of drug-likeness (QED) is 0.837. The summed E-state index contributed by atoms with van der Waals surface area (Å²) in [4.78, 5) is 4.25. The van der Waals surface area contributed by atoms with Crippen LogP contribution in [0, 0.1) is 0 Å². The lowest BCUT2D eigenvalue weighted by atomic mass is 9.92. The van der Waals surface area contributed by atoms with Crippen molar-refractivity contribution in [2.45, 2.75) is 31.7 Å². The molecule has 2 rings (SSSR count). The zero-order chi connectivity index (χ0) is 11.4. The van der Waals surface area contributed by atoms with Crippen LogP contribution < -0.4 is 11.1 Å². The van der Waals surface area contributed by atoms with Gasteiger partial charge >= 0.3 is 0 Å². The van der Waals surface area contributed by atoms with Gasteiger partial charge in [0.1, 0.15) is 0 Å². The lowest BCUT2D eigenvalue weighted by molar-refractivity contribution is 0.0456. The number of aromatic nitrogens is 1. The molecular formula is C11H19N3OS. The predicted octanol–water partition coefficient (Wildman–Crippen LogP) is 1.43. The molecule has 1 fully saturated rings. The van der Waals surface area contributed by atoms with Crippen LogP contribution in [0.5, 0.6) is 0 Å². The monoisotopic (exact) mass is 241 g/mol. The molecule has 0 spiro atoms. The summed E-state index contributed by atoms with van der Waals surface area (Å²) < 4.78 is 5.37. The standard InChI is InChI=1S/C11H19N3OS/c1-11(3-6-15-7-4-11)13-5-2-9-8-16-10(12)14-9/h8,13H,2-7H2,1H3,(H2,12,14). The molecule has 0 saturated carbocycles. The highest BCUT2D eigenvalue weighted by Gasteiger charge is 2.26. The van der Waals surface area contributed by atoms with Gasteiger partial charge in [-0.2, -0.15) is 0 Å². The summed E-state index contributed by atoms with van der Waals surface area (Å²) in [6, 6.07) is 0. The van der Waals surface area contributed by atoms with Gasteiger partial charge in [0, 0.05) is 37.1 Å². The van der Waals surface area contributed by atoms with E-state index >= 15 is 0 Å². The molecule has 90 valence electrons. The lowest BCUT2D eigenvalue weighted by Gasteiger charge is -2.34. The minimum Gasteiger partial charge on any atom is -0.381 e. The minimum absolute atomic E-state index is 0.236. The Morgan fingerprint density at radius 2 is 2.31 bits per heavy atom. The maximum Gasteiger partial charge on any atom is 0.180 e. The lowest BCUT2D eigenvalue weighted by Crippen LogP contribution is -2.47. The molecule has 2 heterocycles. The van der Waals surface area contributed by atoms with E-state index in [2.05, 4.69) is 17.2 Å². The van der Waals surface area contributed by atoms with Gasteiger partial charge in [-0.15, -0.1) is 11.3 Å². The molecule has 0 aromatic carbocycles. The molecule has 5 heteroatoms. The van der Waals surface area contributed by atoms with Crippen molar-refractivity contribution in [3.63, 3.8) is 0 Å². The number of nitrogens with zero attached hydrogens (tertiary/aromatic N) is 1. The zero-order valence-electron chi connectivity index (χ0n) is 9.66. The Bertz CT molecular complexity index is 334. The molecule has 16 heavy (non-hydrogen) atoms. The van der Waals surface area contributed by atoms with Crippen LogP contribution in [-0.4, -0.2) is 30.3 Å². The second-order valence-electron chi connectivity index (χ2n) is 4.53. The third kappa shape index (κ3) is 3.17. The van der Waals surface area contributed by atoms with Crippen LogP contribution in [0.1, 0.15) is 25.5 Å². The highest BCUT2D eigenvalue weighted by atomic mass is 32.1. The number of nitrogen functional groups attached to an aromatic ring is 1. The van der Waals surface area contributed by atoms with Crippen molar-refractivity contribution in [1.29, 1.82) is 0 Å². The van der Waals surface area contributed by atoms with Crippen LogP contribution in [0.2, 0.25) is 0 Å². The summed E-state index contributed by atoms with van der Waals surface area (Å²) in [6.45, 7) is 4.96. The molecule has 4 nitrogen and oxygen atoms in total. The molecule has 1 aliphatic rings. The van der Waals surface area contributed by atoms with Crippen molar-refractivity contribution in [2.75, 3.05) is 25.5 Å². The minimum atomic E-state index is 0.236. The second-order valence-corrected chi connectivity index (χ2v) is 5.42. The Morgan fingerprint density at radius 1 is 1.56 bits per heavy atom. The van der Waals surface area contributed by atoms with Crippen LogP contribution in [0.3, 0.4) is 0 Å². The van der Waals surface area contributed by atoms with Crippen LogP contribution in [0.4, 0.5) is 5.13 Å². The van der Waals surface area contributed by atoms with Crippen molar-refractivity contribution in [2.24, 2.45) is 0 Å². The molecule has 0 atom stereocenters. The van der Waals surface area contributed by atoms with Gasteiger partial charge in [-0.25, -0.2) is 4.98 Å². The Labute approximate surface area is 100 Å². The third-order valence-corrected chi connectivity index (χ3v) is 3.82. The van der Waals surface area contributed by atoms with Crippen molar-refractivity contribution in [1.82, 2.24) is 10.3 Å². The first-order valence-corrected chi connectivity index (χ1v) is 6.59. The van der Waals surface area contributed by atoms with E-state index in [-0.39, 0.29) is 5.54 Å². The predicted molar refractivity (Wildman–Crippen MR) is 66.7 cm³/mol. The SMILES string of the molecule is CC1(NCCc2csc(N)n2)CCOCC1. The summed E-state index contributed by atoms with van der Waals surface area (Å²) in [6.07, 6.45) is 3.13. The van der Waals surface area contributed by atoms with Gasteiger partial charge in [0.25, 0.3) is 0 Å². The van der Waals surface area contributed by atoms with Crippen LogP contribution in [-0.2, 0) is 11.2 Å². The number of anilines is 1. The molecule has 0 amide bonds. The first kappa shape index (κ1) is 11.8. The topological polar surface area (TPSA) is 60.2 Å². The first-order valence-electron chi connectivity index (χ1n) is 5.71. The fraction of sp³-hybridized carbons (Fsp3) is 0.727. The van der Waals surface area contributed by atoms with Gasteiger partial charge in [-0.1, -0.05) is 0 Å². The highest BCUT2D eigenvalue weighted by Crippen LogP contribution is 2.19. The largest absolute Gasteiger partial charge is 0.381 e. The average molecular weight is 241 g/mol. The Kier molecular flexibility index (Phi) is 3.78.